The highest BCUT2D eigenvalue weighted by Crippen LogP contribution is 2.30. The molecule has 0 radical (unpaired) electrons. The van der Waals surface area contributed by atoms with Crippen LogP contribution in [0.25, 0.3) is 0 Å². The first-order valence-electron chi connectivity index (χ1n) is 9.86. The van der Waals surface area contributed by atoms with Gasteiger partial charge in [0.1, 0.15) is 6.04 Å². The summed E-state index contributed by atoms with van der Waals surface area (Å²) in [5.74, 6) is -0.848. The van der Waals surface area contributed by atoms with Crippen molar-refractivity contribution in [2.24, 2.45) is 0 Å². The molecule has 1 aromatic carbocycles. The summed E-state index contributed by atoms with van der Waals surface area (Å²) < 4.78 is 0. The molecule has 4 N–H and O–H groups in total. The minimum atomic E-state index is -0.697. The Bertz CT molecular complexity index is 803. The van der Waals surface area contributed by atoms with E-state index in [4.69, 9.17) is 0 Å². The highest BCUT2D eigenvalue weighted by molar-refractivity contribution is 6.05. The lowest BCUT2D eigenvalue weighted by Crippen LogP contribution is -2.52. The Morgan fingerprint density at radius 2 is 2.00 bits per heavy atom. The maximum atomic E-state index is 12.8. The van der Waals surface area contributed by atoms with E-state index in [0.717, 1.165) is 24.2 Å². The molecule has 0 aromatic heterocycles. The Labute approximate surface area is 163 Å². The SMILES string of the molecule is O=C1CCC(N2Cc3c(CNCC4(O)CCNCC4)cccc3C2=O)C(=O)N1. The first-order chi connectivity index (χ1) is 13.5. The van der Waals surface area contributed by atoms with E-state index in [2.05, 4.69) is 16.0 Å². The van der Waals surface area contributed by atoms with Crippen molar-refractivity contribution in [3.05, 3.63) is 34.9 Å². The number of rotatable bonds is 5. The zero-order valence-electron chi connectivity index (χ0n) is 15.8. The minimum absolute atomic E-state index is 0.164. The number of amides is 3. The van der Waals surface area contributed by atoms with Crippen LogP contribution in [-0.4, -0.2) is 59.0 Å². The van der Waals surface area contributed by atoms with Gasteiger partial charge in [0.2, 0.25) is 11.8 Å². The van der Waals surface area contributed by atoms with Crippen LogP contribution in [-0.2, 0) is 22.7 Å². The number of hydrogen-bond acceptors (Lipinski definition) is 6. The third kappa shape index (κ3) is 3.67. The summed E-state index contributed by atoms with van der Waals surface area (Å²) >= 11 is 0. The number of benzene rings is 1. The molecular formula is C20H26N4O4. The largest absolute Gasteiger partial charge is 0.388 e. The fraction of sp³-hybridized carbons (Fsp3) is 0.550. The van der Waals surface area contributed by atoms with Crippen LogP contribution < -0.4 is 16.0 Å². The molecule has 2 saturated heterocycles. The van der Waals surface area contributed by atoms with E-state index in [9.17, 15) is 19.5 Å². The summed E-state index contributed by atoms with van der Waals surface area (Å²) in [5.41, 5.74) is 1.84. The molecule has 2 fully saturated rings. The molecule has 1 aromatic rings. The minimum Gasteiger partial charge on any atom is -0.388 e. The van der Waals surface area contributed by atoms with Crippen molar-refractivity contribution in [3.8, 4) is 0 Å². The maximum Gasteiger partial charge on any atom is 0.255 e. The highest BCUT2D eigenvalue weighted by atomic mass is 16.3. The Morgan fingerprint density at radius 3 is 2.75 bits per heavy atom. The smallest absolute Gasteiger partial charge is 0.255 e. The molecule has 0 spiro atoms. The Balaban J connectivity index is 1.44. The van der Waals surface area contributed by atoms with Crippen LogP contribution in [0.15, 0.2) is 18.2 Å². The lowest BCUT2D eigenvalue weighted by Gasteiger charge is -2.32. The molecule has 150 valence electrons. The predicted molar refractivity (Wildman–Crippen MR) is 101 cm³/mol. The third-order valence-electron chi connectivity index (χ3n) is 5.98. The summed E-state index contributed by atoms with van der Waals surface area (Å²) in [5, 5.41) is 19.5. The van der Waals surface area contributed by atoms with Gasteiger partial charge in [-0.15, -0.1) is 0 Å². The van der Waals surface area contributed by atoms with Gasteiger partial charge >= 0.3 is 0 Å². The van der Waals surface area contributed by atoms with E-state index in [0.29, 0.717) is 44.5 Å². The Kier molecular flexibility index (Phi) is 5.18. The Hall–Kier alpha value is -2.29. The monoisotopic (exact) mass is 386 g/mol. The molecule has 4 rings (SSSR count). The van der Waals surface area contributed by atoms with Crippen molar-refractivity contribution in [1.82, 2.24) is 20.9 Å². The lowest BCUT2D eigenvalue weighted by molar-refractivity contribution is -0.136. The van der Waals surface area contributed by atoms with Crippen molar-refractivity contribution < 1.29 is 19.5 Å². The zero-order valence-corrected chi connectivity index (χ0v) is 15.8. The van der Waals surface area contributed by atoms with Gasteiger partial charge in [0.25, 0.3) is 5.91 Å². The van der Waals surface area contributed by atoms with Crippen molar-refractivity contribution in [2.45, 2.75) is 50.4 Å². The molecule has 3 aliphatic heterocycles. The first kappa shape index (κ1) is 19.0. The van der Waals surface area contributed by atoms with Crippen LogP contribution in [0.2, 0.25) is 0 Å². The second-order valence-electron chi connectivity index (χ2n) is 7.92. The van der Waals surface area contributed by atoms with Crippen LogP contribution in [0.3, 0.4) is 0 Å². The number of piperidine rings is 2. The number of nitrogens with one attached hydrogen (secondary N) is 3. The molecule has 1 atom stereocenters. The lowest BCUT2D eigenvalue weighted by atomic mass is 9.92. The topological polar surface area (TPSA) is 111 Å². The summed E-state index contributed by atoms with van der Waals surface area (Å²) in [7, 11) is 0. The molecule has 8 heteroatoms. The molecule has 28 heavy (non-hydrogen) atoms. The summed E-state index contributed by atoms with van der Waals surface area (Å²) in [4.78, 5) is 38.0. The normalized spacial score (nSPS) is 24.2. The molecular weight excluding hydrogens is 360 g/mol. The van der Waals surface area contributed by atoms with Gasteiger partial charge in [0.15, 0.2) is 0 Å². The standard InChI is InChI=1S/C20H26N4O4/c25-17-5-4-16(18(26)23-17)24-11-15-13(2-1-3-14(15)19(24)27)10-22-12-20(28)6-8-21-9-7-20/h1-3,16,21-22,28H,4-12H2,(H,23,25,26). The van der Waals surface area contributed by atoms with Crippen molar-refractivity contribution in [1.29, 1.82) is 0 Å². The van der Waals surface area contributed by atoms with Crippen LogP contribution in [0.5, 0.6) is 0 Å². The van der Waals surface area contributed by atoms with Crippen LogP contribution in [0, 0.1) is 0 Å². The third-order valence-corrected chi connectivity index (χ3v) is 5.98. The van der Waals surface area contributed by atoms with Crippen molar-refractivity contribution in [2.75, 3.05) is 19.6 Å². The van der Waals surface area contributed by atoms with Gasteiger partial charge < -0.3 is 20.6 Å². The van der Waals surface area contributed by atoms with E-state index in [1.54, 1.807) is 11.0 Å². The van der Waals surface area contributed by atoms with Gasteiger partial charge in [0, 0.05) is 31.6 Å². The maximum absolute atomic E-state index is 12.8. The zero-order chi connectivity index (χ0) is 19.7. The average molecular weight is 386 g/mol. The van der Waals surface area contributed by atoms with Crippen LogP contribution in [0.4, 0.5) is 0 Å². The van der Waals surface area contributed by atoms with Crippen LogP contribution >= 0.6 is 0 Å². The molecule has 1 unspecified atom stereocenters. The molecule has 3 heterocycles. The molecule has 3 aliphatic rings. The van der Waals surface area contributed by atoms with Gasteiger partial charge in [-0.05, 0) is 49.5 Å². The van der Waals surface area contributed by atoms with Gasteiger partial charge in [-0.2, -0.15) is 0 Å². The second kappa shape index (κ2) is 7.62. The number of aliphatic hydroxyl groups is 1. The molecule has 0 saturated carbocycles. The number of carbonyl (C=O) groups excluding carboxylic acids is 3. The number of fused-ring (bicyclic) bond motifs is 1. The number of carbonyl (C=O) groups is 3. The molecule has 8 nitrogen and oxygen atoms in total. The van der Waals surface area contributed by atoms with E-state index in [1.165, 1.54) is 0 Å². The number of nitrogens with zero attached hydrogens (tertiary/aromatic N) is 1. The summed E-state index contributed by atoms with van der Waals surface area (Å²) in [6, 6.07) is 5.00. The molecule has 3 amide bonds. The first-order valence-corrected chi connectivity index (χ1v) is 9.86. The van der Waals surface area contributed by atoms with Gasteiger partial charge in [-0.25, -0.2) is 0 Å². The van der Waals surface area contributed by atoms with Crippen LogP contribution in [0.1, 0.15) is 47.2 Å². The molecule has 0 bridgehead atoms. The van der Waals surface area contributed by atoms with E-state index in [1.807, 2.05) is 12.1 Å². The Morgan fingerprint density at radius 1 is 1.21 bits per heavy atom. The highest BCUT2D eigenvalue weighted by Gasteiger charge is 2.39. The van der Waals surface area contributed by atoms with E-state index in [-0.39, 0.29) is 18.2 Å². The van der Waals surface area contributed by atoms with Gasteiger partial charge in [-0.1, -0.05) is 12.1 Å². The quantitative estimate of drug-likeness (QED) is 0.515. The van der Waals surface area contributed by atoms with E-state index < -0.39 is 17.6 Å². The fourth-order valence-corrected chi connectivity index (χ4v) is 4.31. The fourth-order valence-electron chi connectivity index (χ4n) is 4.31. The van der Waals surface area contributed by atoms with Crippen molar-refractivity contribution in [3.63, 3.8) is 0 Å². The summed E-state index contributed by atoms with van der Waals surface area (Å²) in [6.45, 7) is 3.05. The number of imide groups is 1. The van der Waals surface area contributed by atoms with Gasteiger partial charge in [-0.3, -0.25) is 19.7 Å². The average Bonchev–Trinajstić information content (AvgIpc) is 3.00. The number of hydrogen-bond donors (Lipinski definition) is 4. The van der Waals surface area contributed by atoms with E-state index >= 15 is 0 Å². The van der Waals surface area contributed by atoms with Gasteiger partial charge in [0.05, 0.1) is 5.60 Å². The summed E-state index contributed by atoms with van der Waals surface area (Å²) in [6.07, 6.45) is 2.04. The molecule has 0 aliphatic carbocycles. The van der Waals surface area contributed by atoms with Crippen molar-refractivity contribution >= 4 is 17.7 Å². The second-order valence-corrected chi connectivity index (χ2v) is 7.92. The predicted octanol–water partition coefficient (Wildman–Crippen LogP) is -0.348.